The standard InChI is InChI=1S/C16H23N/c1-13(2)16-8-6-14(7-9-16)4-5-15-10-11-17(3)12-15/h6-9,15H,1,4-5,10-12H2,2-3H3. The summed E-state index contributed by atoms with van der Waals surface area (Å²) in [6.45, 7) is 8.58. The summed E-state index contributed by atoms with van der Waals surface area (Å²) in [6, 6.07) is 8.89. The number of nitrogens with zero attached hydrogens (tertiary/aromatic N) is 1. The summed E-state index contributed by atoms with van der Waals surface area (Å²) in [5.41, 5.74) is 3.87. The summed E-state index contributed by atoms with van der Waals surface area (Å²) in [5.74, 6) is 0.904. The third kappa shape index (κ3) is 3.44. The maximum atomic E-state index is 3.97. The van der Waals surface area contributed by atoms with Gasteiger partial charge in [-0.25, -0.2) is 0 Å². The van der Waals surface area contributed by atoms with E-state index in [1.807, 2.05) is 0 Å². The molecule has 1 atom stereocenters. The fraction of sp³-hybridized carbons (Fsp3) is 0.500. The molecule has 1 aliphatic rings. The van der Waals surface area contributed by atoms with Crippen LogP contribution >= 0.6 is 0 Å². The van der Waals surface area contributed by atoms with Crippen molar-refractivity contribution < 1.29 is 0 Å². The first-order chi connectivity index (χ1) is 8.15. The molecule has 0 amide bonds. The zero-order valence-corrected chi connectivity index (χ0v) is 11.1. The second-order valence-electron chi connectivity index (χ2n) is 5.43. The van der Waals surface area contributed by atoms with Crippen LogP contribution in [-0.4, -0.2) is 25.0 Å². The van der Waals surface area contributed by atoms with Crippen LogP contribution in [-0.2, 0) is 6.42 Å². The molecule has 1 nitrogen and oxygen atoms in total. The lowest BCUT2D eigenvalue weighted by atomic mass is 9.97. The molecule has 0 radical (unpaired) electrons. The summed E-state index contributed by atoms with van der Waals surface area (Å²) >= 11 is 0. The van der Waals surface area contributed by atoms with E-state index in [4.69, 9.17) is 0 Å². The van der Waals surface area contributed by atoms with Crippen molar-refractivity contribution in [2.45, 2.75) is 26.2 Å². The van der Waals surface area contributed by atoms with E-state index in [0.717, 1.165) is 11.5 Å². The Bertz CT molecular complexity index is 377. The highest BCUT2D eigenvalue weighted by Crippen LogP contribution is 2.21. The van der Waals surface area contributed by atoms with Gasteiger partial charge in [0.2, 0.25) is 0 Å². The van der Waals surface area contributed by atoms with Crippen LogP contribution in [0.4, 0.5) is 0 Å². The van der Waals surface area contributed by atoms with Crippen LogP contribution in [0.5, 0.6) is 0 Å². The topological polar surface area (TPSA) is 3.24 Å². The van der Waals surface area contributed by atoms with Gasteiger partial charge in [-0.3, -0.25) is 0 Å². The first-order valence-corrected chi connectivity index (χ1v) is 6.58. The molecular weight excluding hydrogens is 206 g/mol. The summed E-state index contributed by atoms with van der Waals surface area (Å²) in [5, 5.41) is 0. The van der Waals surface area contributed by atoms with Crippen molar-refractivity contribution in [3.8, 4) is 0 Å². The van der Waals surface area contributed by atoms with Crippen molar-refractivity contribution in [3.63, 3.8) is 0 Å². The maximum Gasteiger partial charge on any atom is 0.000720 e. The summed E-state index contributed by atoms with van der Waals surface area (Å²) in [7, 11) is 2.22. The molecule has 17 heavy (non-hydrogen) atoms. The molecule has 1 fully saturated rings. The Hall–Kier alpha value is -1.08. The molecule has 0 spiro atoms. The van der Waals surface area contributed by atoms with Crippen molar-refractivity contribution in [3.05, 3.63) is 42.0 Å². The van der Waals surface area contributed by atoms with Crippen LogP contribution in [0.3, 0.4) is 0 Å². The Kier molecular flexibility index (Phi) is 4.01. The van der Waals surface area contributed by atoms with Gasteiger partial charge in [0.05, 0.1) is 0 Å². The minimum absolute atomic E-state index is 0.904. The molecule has 1 heteroatoms. The third-order valence-corrected chi connectivity index (χ3v) is 3.78. The monoisotopic (exact) mass is 229 g/mol. The number of allylic oxidation sites excluding steroid dienone is 1. The number of hydrogen-bond donors (Lipinski definition) is 0. The van der Waals surface area contributed by atoms with Gasteiger partial charge in [-0.2, -0.15) is 0 Å². The Labute approximate surface area is 105 Å². The molecule has 1 aliphatic heterocycles. The van der Waals surface area contributed by atoms with E-state index < -0.39 is 0 Å². The van der Waals surface area contributed by atoms with Crippen LogP contribution in [0.25, 0.3) is 5.57 Å². The fourth-order valence-corrected chi connectivity index (χ4v) is 2.59. The van der Waals surface area contributed by atoms with Gasteiger partial charge in [-0.1, -0.05) is 36.4 Å². The van der Waals surface area contributed by atoms with Crippen molar-refractivity contribution in [1.82, 2.24) is 4.90 Å². The lowest BCUT2D eigenvalue weighted by Gasteiger charge is -2.10. The largest absolute Gasteiger partial charge is 0.306 e. The van der Waals surface area contributed by atoms with Gasteiger partial charge in [0.1, 0.15) is 0 Å². The number of benzene rings is 1. The van der Waals surface area contributed by atoms with E-state index >= 15 is 0 Å². The van der Waals surface area contributed by atoms with Gasteiger partial charge in [0.15, 0.2) is 0 Å². The van der Waals surface area contributed by atoms with Gasteiger partial charge >= 0.3 is 0 Å². The highest BCUT2D eigenvalue weighted by atomic mass is 15.1. The molecule has 2 rings (SSSR count). The van der Waals surface area contributed by atoms with Crippen LogP contribution in [0.1, 0.15) is 30.9 Å². The summed E-state index contributed by atoms with van der Waals surface area (Å²) < 4.78 is 0. The molecule has 1 unspecified atom stereocenters. The molecule has 1 aromatic rings. The number of hydrogen-bond acceptors (Lipinski definition) is 1. The smallest absolute Gasteiger partial charge is 0.000720 e. The molecule has 0 N–H and O–H groups in total. The van der Waals surface area contributed by atoms with Crippen molar-refractivity contribution in [2.24, 2.45) is 5.92 Å². The molecular formula is C16H23N. The predicted molar refractivity (Wildman–Crippen MR) is 75.1 cm³/mol. The van der Waals surface area contributed by atoms with Gasteiger partial charge < -0.3 is 4.90 Å². The van der Waals surface area contributed by atoms with Crippen LogP contribution in [0.2, 0.25) is 0 Å². The lowest BCUT2D eigenvalue weighted by molar-refractivity contribution is 0.388. The average Bonchev–Trinajstić information content (AvgIpc) is 2.73. The van der Waals surface area contributed by atoms with Gasteiger partial charge in [0.25, 0.3) is 0 Å². The Morgan fingerprint density at radius 3 is 2.59 bits per heavy atom. The zero-order chi connectivity index (χ0) is 12.3. The Morgan fingerprint density at radius 2 is 2.06 bits per heavy atom. The number of aryl methyl sites for hydroxylation is 1. The van der Waals surface area contributed by atoms with Gasteiger partial charge in [0, 0.05) is 6.54 Å². The molecule has 0 aliphatic carbocycles. The molecule has 0 aromatic heterocycles. The maximum absolute atomic E-state index is 3.97. The minimum Gasteiger partial charge on any atom is -0.306 e. The normalized spacial score (nSPS) is 20.7. The molecule has 0 saturated carbocycles. The van der Waals surface area contributed by atoms with Crippen LogP contribution < -0.4 is 0 Å². The Balaban J connectivity index is 1.85. The molecule has 1 saturated heterocycles. The van der Waals surface area contributed by atoms with Crippen LogP contribution in [0, 0.1) is 5.92 Å². The van der Waals surface area contributed by atoms with Crippen molar-refractivity contribution >= 4 is 5.57 Å². The molecule has 92 valence electrons. The second-order valence-corrected chi connectivity index (χ2v) is 5.43. The van der Waals surface area contributed by atoms with E-state index in [2.05, 4.69) is 49.7 Å². The third-order valence-electron chi connectivity index (χ3n) is 3.78. The van der Waals surface area contributed by atoms with E-state index in [1.165, 1.54) is 43.5 Å². The lowest BCUT2D eigenvalue weighted by Crippen LogP contribution is -2.14. The predicted octanol–water partition coefficient (Wildman–Crippen LogP) is 3.60. The number of rotatable bonds is 4. The second kappa shape index (κ2) is 5.50. The van der Waals surface area contributed by atoms with E-state index in [-0.39, 0.29) is 0 Å². The van der Waals surface area contributed by atoms with Gasteiger partial charge in [-0.15, -0.1) is 0 Å². The molecule has 0 bridgehead atoms. The highest BCUT2D eigenvalue weighted by molar-refractivity contribution is 5.61. The van der Waals surface area contributed by atoms with Crippen molar-refractivity contribution in [2.75, 3.05) is 20.1 Å². The minimum atomic E-state index is 0.904. The highest BCUT2D eigenvalue weighted by Gasteiger charge is 2.18. The van der Waals surface area contributed by atoms with E-state index in [0.29, 0.717) is 0 Å². The van der Waals surface area contributed by atoms with E-state index in [9.17, 15) is 0 Å². The SMILES string of the molecule is C=C(C)c1ccc(CCC2CCN(C)C2)cc1. The zero-order valence-electron chi connectivity index (χ0n) is 11.1. The van der Waals surface area contributed by atoms with Gasteiger partial charge in [-0.05, 0) is 56.8 Å². The quantitative estimate of drug-likeness (QED) is 0.762. The molecule has 1 heterocycles. The van der Waals surface area contributed by atoms with E-state index in [1.54, 1.807) is 0 Å². The average molecular weight is 229 g/mol. The molecule has 1 aromatic carbocycles. The Morgan fingerprint density at radius 1 is 1.35 bits per heavy atom. The number of likely N-dealkylation sites (tertiary alicyclic amines) is 1. The fourth-order valence-electron chi connectivity index (χ4n) is 2.59. The first kappa shape index (κ1) is 12.4. The van der Waals surface area contributed by atoms with Crippen molar-refractivity contribution in [1.29, 1.82) is 0 Å². The summed E-state index contributed by atoms with van der Waals surface area (Å²) in [6.07, 6.45) is 3.92. The van der Waals surface area contributed by atoms with Crippen LogP contribution in [0.15, 0.2) is 30.8 Å². The first-order valence-electron chi connectivity index (χ1n) is 6.58. The summed E-state index contributed by atoms with van der Waals surface area (Å²) in [4.78, 5) is 2.44.